The summed E-state index contributed by atoms with van der Waals surface area (Å²) in [6.07, 6.45) is 0.895. The molecule has 1 unspecified atom stereocenters. The number of aryl methyl sites for hydroxylation is 1. The van der Waals surface area contributed by atoms with Gasteiger partial charge in [-0.05, 0) is 43.7 Å². The van der Waals surface area contributed by atoms with Crippen LogP contribution in [0.3, 0.4) is 0 Å². The quantitative estimate of drug-likeness (QED) is 0.798. The summed E-state index contributed by atoms with van der Waals surface area (Å²) in [6.45, 7) is 4.42. The number of rotatable bonds is 5. The van der Waals surface area contributed by atoms with Gasteiger partial charge in [-0.3, -0.25) is 0 Å². The molecule has 0 saturated carbocycles. The van der Waals surface area contributed by atoms with Crippen LogP contribution in [0, 0.1) is 0 Å². The Morgan fingerprint density at radius 2 is 2.12 bits per heavy atom. The second-order valence-corrected chi connectivity index (χ2v) is 4.18. The van der Waals surface area contributed by atoms with Gasteiger partial charge < -0.3 is 15.2 Å². The van der Waals surface area contributed by atoms with Crippen LogP contribution in [0.2, 0.25) is 0 Å². The minimum Gasteiger partial charge on any atom is -0.496 e. The summed E-state index contributed by atoms with van der Waals surface area (Å²) in [7, 11) is 3.50. The van der Waals surface area contributed by atoms with Crippen molar-refractivity contribution in [1.29, 1.82) is 0 Å². The molecule has 1 aromatic rings. The molecule has 0 spiro atoms. The number of hydrogen-bond donors (Lipinski definition) is 2. The zero-order valence-electron chi connectivity index (χ0n) is 10.5. The zero-order chi connectivity index (χ0) is 12.2. The van der Waals surface area contributed by atoms with E-state index < -0.39 is 5.60 Å². The normalized spacial score (nSPS) is 14.6. The van der Waals surface area contributed by atoms with Crippen LogP contribution in [0.15, 0.2) is 18.2 Å². The van der Waals surface area contributed by atoms with E-state index in [9.17, 15) is 5.11 Å². The highest BCUT2D eigenvalue weighted by molar-refractivity contribution is 5.39. The van der Waals surface area contributed by atoms with Crippen molar-refractivity contribution in [2.45, 2.75) is 25.9 Å². The summed E-state index contributed by atoms with van der Waals surface area (Å²) in [5.41, 5.74) is 1.20. The fourth-order valence-electron chi connectivity index (χ4n) is 1.84. The van der Waals surface area contributed by atoms with Crippen LogP contribution < -0.4 is 10.1 Å². The van der Waals surface area contributed by atoms with Crippen molar-refractivity contribution < 1.29 is 9.84 Å². The van der Waals surface area contributed by atoms with Gasteiger partial charge in [-0.2, -0.15) is 0 Å². The summed E-state index contributed by atoms with van der Waals surface area (Å²) >= 11 is 0. The molecule has 0 aromatic heterocycles. The molecule has 0 saturated heterocycles. The van der Waals surface area contributed by atoms with Crippen molar-refractivity contribution in [2.75, 3.05) is 20.7 Å². The van der Waals surface area contributed by atoms with Crippen LogP contribution >= 0.6 is 0 Å². The molecule has 1 rings (SSSR count). The van der Waals surface area contributed by atoms with Crippen LogP contribution in [0.25, 0.3) is 0 Å². The van der Waals surface area contributed by atoms with Gasteiger partial charge in [0, 0.05) is 6.54 Å². The fourth-order valence-corrected chi connectivity index (χ4v) is 1.84. The van der Waals surface area contributed by atoms with E-state index in [1.54, 1.807) is 7.11 Å². The average Bonchev–Trinajstić information content (AvgIpc) is 2.28. The largest absolute Gasteiger partial charge is 0.496 e. The number of benzene rings is 1. The lowest BCUT2D eigenvalue weighted by atomic mass is 9.93. The molecule has 0 aliphatic rings. The van der Waals surface area contributed by atoms with E-state index in [0.29, 0.717) is 6.54 Å². The van der Waals surface area contributed by atoms with Crippen LogP contribution in [-0.4, -0.2) is 25.8 Å². The highest BCUT2D eigenvalue weighted by Crippen LogP contribution is 2.26. The molecule has 3 nitrogen and oxygen atoms in total. The third-order valence-corrected chi connectivity index (χ3v) is 2.80. The van der Waals surface area contributed by atoms with Crippen molar-refractivity contribution in [3.63, 3.8) is 0 Å². The Hall–Kier alpha value is -1.06. The summed E-state index contributed by atoms with van der Waals surface area (Å²) in [6, 6.07) is 5.84. The molecule has 3 heteroatoms. The molecule has 0 bridgehead atoms. The standard InChI is InChI=1S/C13H21NO2/c1-5-10-8-11(6-7-12(10)16-4)13(2,15)9-14-3/h6-8,14-15H,5,9H2,1-4H3. The van der Waals surface area contributed by atoms with Gasteiger partial charge in [-0.25, -0.2) is 0 Å². The molecular weight excluding hydrogens is 202 g/mol. The molecule has 16 heavy (non-hydrogen) atoms. The summed E-state index contributed by atoms with van der Waals surface area (Å²) < 4.78 is 5.27. The van der Waals surface area contributed by atoms with Gasteiger partial charge in [0.2, 0.25) is 0 Å². The van der Waals surface area contributed by atoms with E-state index in [1.165, 1.54) is 0 Å². The maximum Gasteiger partial charge on any atom is 0.122 e. The van der Waals surface area contributed by atoms with Gasteiger partial charge in [0.1, 0.15) is 5.75 Å². The molecule has 90 valence electrons. The molecule has 1 atom stereocenters. The lowest BCUT2D eigenvalue weighted by Crippen LogP contribution is -2.33. The van der Waals surface area contributed by atoms with Crippen molar-refractivity contribution in [1.82, 2.24) is 5.32 Å². The summed E-state index contributed by atoms with van der Waals surface area (Å²) in [5, 5.41) is 13.3. The number of likely N-dealkylation sites (N-methyl/N-ethyl adjacent to an activating group) is 1. The third-order valence-electron chi connectivity index (χ3n) is 2.80. The van der Waals surface area contributed by atoms with Crippen LogP contribution in [0.1, 0.15) is 25.0 Å². The Bertz CT molecular complexity index is 348. The molecule has 0 amide bonds. The number of methoxy groups -OCH3 is 1. The molecule has 0 radical (unpaired) electrons. The Morgan fingerprint density at radius 3 is 2.62 bits per heavy atom. The van der Waals surface area contributed by atoms with Crippen molar-refractivity contribution in [2.24, 2.45) is 0 Å². The van der Waals surface area contributed by atoms with Crippen LogP contribution in [0.5, 0.6) is 5.75 Å². The van der Waals surface area contributed by atoms with E-state index >= 15 is 0 Å². The lowest BCUT2D eigenvalue weighted by molar-refractivity contribution is 0.0590. The highest BCUT2D eigenvalue weighted by atomic mass is 16.5. The maximum atomic E-state index is 10.3. The predicted octanol–water partition coefficient (Wildman–Crippen LogP) is 1.68. The van der Waals surface area contributed by atoms with E-state index in [0.717, 1.165) is 23.3 Å². The Kier molecular flexibility index (Phi) is 4.33. The van der Waals surface area contributed by atoms with Crippen LogP contribution in [0.4, 0.5) is 0 Å². The lowest BCUT2D eigenvalue weighted by Gasteiger charge is -2.24. The Morgan fingerprint density at radius 1 is 1.44 bits per heavy atom. The van der Waals surface area contributed by atoms with Crippen molar-refractivity contribution in [3.8, 4) is 5.75 Å². The Balaban J connectivity index is 3.07. The van der Waals surface area contributed by atoms with Crippen molar-refractivity contribution >= 4 is 0 Å². The minimum absolute atomic E-state index is 0.530. The highest BCUT2D eigenvalue weighted by Gasteiger charge is 2.22. The molecule has 0 heterocycles. The molecule has 2 N–H and O–H groups in total. The number of ether oxygens (including phenoxy) is 1. The van der Waals surface area contributed by atoms with E-state index in [-0.39, 0.29) is 0 Å². The zero-order valence-corrected chi connectivity index (χ0v) is 10.5. The molecular formula is C13H21NO2. The van der Waals surface area contributed by atoms with Gasteiger partial charge in [-0.1, -0.05) is 13.0 Å². The smallest absolute Gasteiger partial charge is 0.122 e. The van der Waals surface area contributed by atoms with Crippen LogP contribution in [-0.2, 0) is 12.0 Å². The summed E-state index contributed by atoms with van der Waals surface area (Å²) in [4.78, 5) is 0. The third kappa shape index (κ3) is 2.74. The molecule has 1 aromatic carbocycles. The minimum atomic E-state index is -0.842. The number of aliphatic hydroxyl groups is 1. The molecule has 0 fully saturated rings. The van der Waals surface area contributed by atoms with Gasteiger partial charge in [0.25, 0.3) is 0 Å². The predicted molar refractivity (Wildman–Crippen MR) is 65.9 cm³/mol. The first kappa shape index (κ1) is 13.0. The fraction of sp³-hybridized carbons (Fsp3) is 0.538. The number of nitrogens with one attached hydrogen (secondary N) is 1. The van der Waals surface area contributed by atoms with Gasteiger partial charge in [0.15, 0.2) is 0 Å². The van der Waals surface area contributed by atoms with Gasteiger partial charge in [-0.15, -0.1) is 0 Å². The first-order valence-electron chi connectivity index (χ1n) is 5.59. The van der Waals surface area contributed by atoms with Crippen molar-refractivity contribution in [3.05, 3.63) is 29.3 Å². The van der Waals surface area contributed by atoms with Gasteiger partial charge >= 0.3 is 0 Å². The topological polar surface area (TPSA) is 41.5 Å². The average molecular weight is 223 g/mol. The SMILES string of the molecule is CCc1cc(C(C)(O)CNC)ccc1OC. The molecule has 0 aliphatic heterocycles. The van der Waals surface area contributed by atoms with E-state index in [2.05, 4.69) is 12.2 Å². The van der Waals surface area contributed by atoms with Gasteiger partial charge in [0.05, 0.1) is 12.7 Å². The van der Waals surface area contributed by atoms with E-state index in [4.69, 9.17) is 4.74 Å². The monoisotopic (exact) mass is 223 g/mol. The number of hydrogen-bond acceptors (Lipinski definition) is 3. The van der Waals surface area contributed by atoms with E-state index in [1.807, 2.05) is 32.2 Å². The first-order valence-corrected chi connectivity index (χ1v) is 5.59. The molecule has 0 aliphatic carbocycles. The second-order valence-electron chi connectivity index (χ2n) is 4.18. The summed E-state index contributed by atoms with van der Waals surface area (Å²) in [5.74, 6) is 0.881. The second kappa shape index (κ2) is 5.32. The maximum absolute atomic E-state index is 10.3. The Labute approximate surface area is 97.4 Å². The first-order chi connectivity index (χ1) is 7.55.